The highest BCUT2D eigenvalue weighted by Crippen LogP contribution is 2.31. The van der Waals surface area contributed by atoms with Gasteiger partial charge < -0.3 is 20.9 Å². The summed E-state index contributed by atoms with van der Waals surface area (Å²) in [4.78, 5) is 0. The fraction of sp³-hybridized carbons (Fsp3) is 0.538. The van der Waals surface area contributed by atoms with E-state index < -0.39 is 5.60 Å². The van der Waals surface area contributed by atoms with Crippen molar-refractivity contribution in [1.82, 2.24) is 0 Å². The molecule has 94 valence electrons. The Morgan fingerprint density at radius 3 is 2.71 bits per heavy atom. The first-order valence-electron chi connectivity index (χ1n) is 6.03. The lowest BCUT2D eigenvalue weighted by atomic mass is 10.0. The van der Waals surface area contributed by atoms with Crippen LogP contribution in [0.4, 0.5) is 11.4 Å². The molecule has 4 nitrogen and oxygen atoms in total. The molecule has 1 aromatic carbocycles. The highest BCUT2D eigenvalue weighted by atomic mass is 16.5. The van der Waals surface area contributed by atoms with Crippen LogP contribution in [0.25, 0.3) is 0 Å². The molecule has 1 saturated carbocycles. The Morgan fingerprint density at radius 2 is 2.12 bits per heavy atom. The van der Waals surface area contributed by atoms with E-state index in [0.717, 1.165) is 37.1 Å². The Hall–Kier alpha value is -1.42. The summed E-state index contributed by atoms with van der Waals surface area (Å²) < 4.78 is 5.09. The van der Waals surface area contributed by atoms with Crippen molar-refractivity contribution in [2.24, 2.45) is 0 Å². The monoisotopic (exact) mass is 236 g/mol. The van der Waals surface area contributed by atoms with Crippen molar-refractivity contribution >= 4 is 11.4 Å². The van der Waals surface area contributed by atoms with Crippen LogP contribution in [-0.2, 0) is 0 Å². The standard InChI is InChI=1S/C13H20N2O2/c1-17-10-4-5-12(11(14)8-10)15-9-13(16)6-2-3-7-13/h4-5,8,15-16H,2-3,6-7,9,14H2,1H3. The minimum Gasteiger partial charge on any atom is -0.497 e. The van der Waals surface area contributed by atoms with Gasteiger partial charge in [-0.1, -0.05) is 12.8 Å². The molecule has 4 heteroatoms. The Morgan fingerprint density at radius 1 is 1.41 bits per heavy atom. The van der Waals surface area contributed by atoms with E-state index in [-0.39, 0.29) is 0 Å². The first-order valence-corrected chi connectivity index (χ1v) is 6.03. The summed E-state index contributed by atoms with van der Waals surface area (Å²) in [6.45, 7) is 0.559. The Labute approximate surface area is 102 Å². The molecular weight excluding hydrogens is 216 g/mol. The van der Waals surface area contributed by atoms with Gasteiger partial charge in [-0.2, -0.15) is 0 Å². The SMILES string of the molecule is COc1ccc(NCC2(O)CCCC2)c(N)c1. The molecule has 0 heterocycles. The number of nitrogens with two attached hydrogens (primary N) is 1. The third-order valence-electron chi connectivity index (χ3n) is 3.40. The number of ether oxygens (including phenoxy) is 1. The van der Waals surface area contributed by atoms with Gasteiger partial charge in [-0.3, -0.25) is 0 Å². The van der Waals surface area contributed by atoms with Crippen LogP contribution in [0.1, 0.15) is 25.7 Å². The average molecular weight is 236 g/mol. The van der Waals surface area contributed by atoms with E-state index in [9.17, 15) is 5.11 Å². The van der Waals surface area contributed by atoms with E-state index in [1.54, 1.807) is 13.2 Å². The summed E-state index contributed by atoms with van der Waals surface area (Å²) in [6.07, 6.45) is 3.96. The van der Waals surface area contributed by atoms with E-state index in [1.165, 1.54) is 0 Å². The van der Waals surface area contributed by atoms with E-state index >= 15 is 0 Å². The summed E-state index contributed by atoms with van der Waals surface area (Å²) in [5, 5.41) is 13.4. The molecule has 0 atom stereocenters. The van der Waals surface area contributed by atoms with Crippen molar-refractivity contribution in [2.75, 3.05) is 24.7 Å². The lowest BCUT2D eigenvalue weighted by Crippen LogP contribution is -2.33. The van der Waals surface area contributed by atoms with Crippen molar-refractivity contribution in [3.63, 3.8) is 0 Å². The van der Waals surface area contributed by atoms with Crippen molar-refractivity contribution in [2.45, 2.75) is 31.3 Å². The van der Waals surface area contributed by atoms with Gasteiger partial charge in [-0.05, 0) is 25.0 Å². The average Bonchev–Trinajstić information content (AvgIpc) is 2.75. The minimum atomic E-state index is -0.563. The van der Waals surface area contributed by atoms with Gasteiger partial charge in [0, 0.05) is 12.6 Å². The second-order valence-electron chi connectivity index (χ2n) is 4.74. The summed E-state index contributed by atoms with van der Waals surface area (Å²) >= 11 is 0. The number of nitrogens with one attached hydrogen (secondary N) is 1. The molecule has 0 spiro atoms. The topological polar surface area (TPSA) is 67.5 Å². The molecule has 0 amide bonds. The lowest BCUT2D eigenvalue weighted by Gasteiger charge is -2.23. The molecule has 1 aliphatic rings. The Kier molecular flexibility index (Phi) is 3.43. The number of anilines is 2. The Balaban J connectivity index is 1.99. The molecule has 0 unspecified atom stereocenters. The van der Waals surface area contributed by atoms with E-state index in [2.05, 4.69) is 5.32 Å². The largest absolute Gasteiger partial charge is 0.497 e. The van der Waals surface area contributed by atoms with Crippen LogP contribution in [0.5, 0.6) is 5.75 Å². The zero-order valence-corrected chi connectivity index (χ0v) is 10.2. The molecular formula is C13H20N2O2. The van der Waals surface area contributed by atoms with Crippen LogP contribution in [0, 0.1) is 0 Å². The molecule has 0 radical (unpaired) electrons. The number of rotatable bonds is 4. The van der Waals surface area contributed by atoms with E-state index in [1.807, 2.05) is 12.1 Å². The highest BCUT2D eigenvalue weighted by Gasteiger charge is 2.30. The van der Waals surface area contributed by atoms with Crippen molar-refractivity contribution in [1.29, 1.82) is 0 Å². The van der Waals surface area contributed by atoms with Gasteiger partial charge in [0.25, 0.3) is 0 Å². The molecule has 4 N–H and O–H groups in total. The molecule has 0 aromatic heterocycles. The summed E-state index contributed by atoms with van der Waals surface area (Å²) in [5.74, 6) is 0.743. The predicted octanol–water partition coefficient (Wildman–Crippen LogP) is 1.99. The maximum absolute atomic E-state index is 10.2. The zero-order valence-electron chi connectivity index (χ0n) is 10.2. The van der Waals surface area contributed by atoms with Gasteiger partial charge in [-0.25, -0.2) is 0 Å². The second-order valence-corrected chi connectivity index (χ2v) is 4.74. The maximum atomic E-state index is 10.2. The number of hydrogen-bond acceptors (Lipinski definition) is 4. The molecule has 1 fully saturated rings. The van der Waals surface area contributed by atoms with Crippen molar-refractivity contribution in [3.05, 3.63) is 18.2 Å². The van der Waals surface area contributed by atoms with Crippen LogP contribution in [0.2, 0.25) is 0 Å². The van der Waals surface area contributed by atoms with Gasteiger partial charge in [0.15, 0.2) is 0 Å². The predicted molar refractivity (Wildman–Crippen MR) is 69.3 cm³/mol. The summed E-state index contributed by atoms with van der Waals surface area (Å²) in [5.41, 5.74) is 6.83. The Bertz CT molecular complexity index is 387. The van der Waals surface area contributed by atoms with E-state index in [0.29, 0.717) is 12.2 Å². The fourth-order valence-electron chi connectivity index (χ4n) is 2.30. The zero-order chi connectivity index (χ0) is 12.3. The molecule has 2 rings (SSSR count). The number of aliphatic hydroxyl groups is 1. The quantitative estimate of drug-likeness (QED) is 0.699. The minimum absolute atomic E-state index is 0.559. The molecule has 0 aliphatic heterocycles. The summed E-state index contributed by atoms with van der Waals surface area (Å²) in [6, 6.07) is 5.52. The van der Waals surface area contributed by atoms with Crippen LogP contribution >= 0.6 is 0 Å². The third kappa shape index (κ3) is 2.82. The molecule has 0 saturated heterocycles. The smallest absolute Gasteiger partial charge is 0.121 e. The van der Waals surface area contributed by atoms with Crippen LogP contribution < -0.4 is 15.8 Å². The molecule has 0 bridgehead atoms. The highest BCUT2D eigenvalue weighted by molar-refractivity contribution is 5.68. The van der Waals surface area contributed by atoms with Gasteiger partial charge in [0.2, 0.25) is 0 Å². The van der Waals surface area contributed by atoms with Crippen LogP contribution in [-0.4, -0.2) is 24.4 Å². The number of hydrogen-bond donors (Lipinski definition) is 3. The van der Waals surface area contributed by atoms with Crippen LogP contribution in [0.3, 0.4) is 0 Å². The summed E-state index contributed by atoms with van der Waals surface area (Å²) in [7, 11) is 1.61. The molecule has 17 heavy (non-hydrogen) atoms. The number of methoxy groups -OCH3 is 1. The number of nitrogen functional groups attached to an aromatic ring is 1. The first kappa shape index (κ1) is 12.0. The van der Waals surface area contributed by atoms with Crippen LogP contribution in [0.15, 0.2) is 18.2 Å². The lowest BCUT2D eigenvalue weighted by molar-refractivity contribution is 0.0615. The van der Waals surface area contributed by atoms with Gasteiger partial charge in [0.05, 0.1) is 24.1 Å². The van der Waals surface area contributed by atoms with Gasteiger partial charge in [0.1, 0.15) is 5.75 Å². The second kappa shape index (κ2) is 4.84. The van der Waals surface area contributed by atoms with E-state index in [4.69, 9.17) is 10.5 Å². The van der Waals surface area contributed by atoms with Gasteiger partial charge in [-0.15, -0.1) is 0 Å². The van der Waals surface area contributed by atoms with Crippen molar-refractivity contribution in [3.8, 4) is 5.75 Å². The maximum Gasteiger partial charge on any atom is 0.121 e. The molecule has 1 aliphatic carbocycles. The first-order chi connectivity index (χ1) is 8.13. The number of benzene rings is 1. The van der Waals surface area contributed by atoms with Crippen molar-refractivity contribution < 1.29 is 9.84 Å². The van der Waals surface area contributed by atoms with Gasteiger partial charge >= 0.3 is 0 Å². The third-order valence-corrected chi connectivity index (χ3v) is 3.40. The molecule has 1 aromatic rings. The fourth-order valence-corrected chi connectivity index (χ4v) is 2.30. The normalized spacial score (nSPS) is 18.0.